The van der Waals surface area contributed by atoms with Gasteiger partial charge in [-0.25, -0.2) is 9.11 Å². The lowest BCUT2D eigenvalue weighted by Gasteiger charge is -2.22. The first-order valence-corrected chi connectivity index (χ1v) is 10.3. The van der Waals surface area contributed by atoms with Crippen molar-refractivity contribution in [1.29, 1.82) is 0 Å². The summed E-state index contributed by atoms with van der Waals surface area (Å²) in [5, 5.41) is 3.24. The largest absolute Gasteiger partial charge is 0.408 e. The Kier molecular flexibility index (Phi) is 10.6. The molecule has 2 nitrogen and oxygen atoms in total. The summed E-state index contributed by atoms with van der Waals surface area (Å²) in [6, 6.07) is 8.18. The summed E-state index contributed by atoms with van der Waals surface area (Å²) in [5.74, 6) is -0.561. The van der Waals surface area contributed by atoms with E-state index in [4.69, 9.17) is 0 Å². The van der Waals surface area contributed by atoms with Gasteiger partial charge in [0, 0.05) is 11.4 Å². The van der Waals surface area contributed by atoms with Crippen molar-refractivity contribution >= 4 is 11.9 Å². The molecule has 0 amide bonds. The molecule has 3 rings (SSSR count). The molecule has 7 heteroatoms. The molecule has 0 saturated heterocycles. The van der Waals surface area contributed by atoms with E-state index in [-0.39, 0.29) is 5.56 Å². The van der Waals surface area contributed by atoms with Gasteiger partial charge in [0.05, 0.1) is 0 Å². The Morgan fingerprint density at radius 2 is 1.61 bits per heavy atom. The van der Waals surface area contributed by atoms with E-state index < -0.39 is 18.0 Å². The lowest BCUT2D eigenvalue weighted by atomic mass is 10.0. The Morgan fingerprint density at radius 3 is 2.21 bits per heavy atom. The van der Waals surface area contributed by atoms with Crippen molar-refractivity contribution in [2.45, 2.75) is 57.8 Å². The standard InChI is InChI=1S/C17H16F4N2S.2C2H6/c18-14-4-1-12(2-5-14)16(17(19,20)21)23-24-15-6-3-11-7-8-22-10-13(11)9-15;2*1-2/h1-6,9,16,22-23H,7-8,10H2;2*1-2H3. The predicted octanol–water partition coefficient (Wildman–Crippen LogP) is 6.42. The molecule has 2 aromatic carbocycles. The molecule has 1 unspecified atom stereocenters. The van der Waals surface area contributed by atoms with E-state index in [2.05, 4.69) is 10.0 Å². The number of fused-ring (bicyclic) bond motifs is 1. The van der Waals surface area contributed by atoms with Crippen LogP contribution in [0.1, 0.15) is 50.4 Å². The van der Waals surface area contributed by atoms with E-state index in [1.54, 1.807) is 0 Å². The molecule has 1 atom stereocenters. The van der Waals surface area contributed by atoms with E-state index in [9.17, 15) is 17.6 Å². The van der Waals surface area contributed by atoms with Crippen molar-refractivity contribution < 1.29 is 17.6 Å². The van der Waals surface area contributed by atoms with Gasteiger partial charge in [0.1, 0.15) is 11.9 Å². The molecule has 156 valence electrons. The lowest BCUT2D eigenvalue weighted by Crippen LogP contribution is -2.30. The Hall–Kier alpha value is -1.57. The van der Waals surface area contributed by atoms with Crippen LogP contribution in [0.25, 0.3) is 0 Å². The molecule has 2 N–H and O–H groups in total. The third kappa shape index (κ3) is 7.11. The molecule has 2 aromatic rings. The number of hydrogen-bond acceptors (Lipinski definition) is 3. The summed E-state index contributed by atoms with van der Waals surface area (Å²) in [5.41, 5.74) is 2.32. The number of alkyl halides is 3. The fourth-order valence-electron chi connectivity index (χ4n) is 2.63. The Balaban J connectivity index is 0.000000921. The number of halogens is 4. The fourth-order valence-corrected chi connectivity index (χ4v) is 3.49. The van der Waals surface area contributed by atoms with Crippen LogP contribution in [0.2, 0.25) is 0 Å². The molecule has 0 aromatic heterocycles. The van der Waals surface area contributed by atoms with Crippen LogP contribution in [-0.4, -0.2) is 12.7 Å². The highest BCUT2D eigenvalue weighted by Crippen LogP contribution is 2.35. The lowest BCUT2D eigenvalue weighted by molar-refractivity contribution is -0.152. The third-order valence-corrected chi connectivity index (χ3v) is 4.73. The SMILES string of the molecule is CC.CC.Fc1ccc(C(NSc2ccc3c(c2)CNCC3)C(F)(F)F)cc1. The minimum atomic E-state index is -4.47. The average Bonchev–Trinajstić information content (AvgIpc) is 2.71. The summed E-state index contributed by atoms with van der Waals surface area (Å²) in [4.78, 5) is 0.716. The highest BCUT2D eigenvalue weighted by atomic mass is 32.2. The highest BCUT2D eigenvalue weighted by Gasteiger charge is 2.40. The van der Waals surface area contributed by atoms with Crippen LogP contribution in [0.15, 0.2) is 47.4 Å². The number of hydrogen-bond donors (Lipinski definition) is 2. The zero-order valence-corrected chi connectivity index (χ0v) is 17.5. The van der Waals surface area contributed by atoms with Crippen molar-refractivity contribution in [2.24, 2.45) is 0 Å². The second-order valence-electron chi connectivity index (χ2n) is 5.60. The van der Waals surface area contributed by atoms with Gasteiger partial charge in [0.2, 0.25) is 0 Å². The van der Waals surface area contributed by atoms with Gasteiger partial charge in [-0.05, 0) is 65.9 Å². The first-order valence-electron chi connectivity index (χ1n) is 9.50. The van der Waals surface area contributed by atoms with Crippen LogP contribution in [0, 0.1) is 5.82 Å². The Labute approximate surface area is 169 Å². The van der Waals surface area contributed by atoms with Gasteiger partial charge in [-0.3, -0.25) is 0 Å². The fraction of sp³-hybridized carbons (Fsp3) is 0.429. The second kappa shape index (κ2) is 12.1. The summed E-state index contributed by atoms with van der Waals surface area (Å²) >= 11 is 0.936. The molecule has 0 saturated carbocycles. The minimum Gasteiger partial charge on any atom is -0.312 e. The maximum atomic E-state index is 13.3. The molecule has 1 aliphatic heterocycles. The Morgan fingerprint density at radius 1 is 0.964 bits per heavy atom. The van der Waals surface area contributed by atoms with Crippen LogP contribution in [0.3, 0.4) is 0 Å². The zero-order chi connectivity index (χ0) is 21.2. The van der Waals surface area contributed by atoms with Gasteiger partial charge in [0.25, 0.3) is 0 Å². The molecule has 1 heterocycles. The van der Waals surface area contributed by atoms with Gasteiger partial charge in [-0.1, -0.05) is 45.9 Å². The summed E-state index contributed by atoms with van der Waals surface area (Å²) < 4.78 is 55.3. The van der Waals surface area contributed by atoms with E-state index >= 15 is 0 Å². The zero-order valence-electron chi connectivity index (χ0n) is 16.7. The van der Waals surface area contributed by atoms with Gasteiger partial charge in [-0.2, -0.15) is 13.2 Å². The summed E-state index contributed by atoms with van der Waals surface area (Å²) in [6.07, 6.45) is -3.55. The second-order valence-corrected chi connectivity index (χ2v) is 6.51. The van der Waals surface area contributed by atoms with Gasteiger partial charge < -0.3 is 5.32 Å². The van der Waals surface area contributed by atoms with Crippen molar-refractivity contribution in [1.82, 2.24) is 10.0 Å². The minimum absolute atomic E-state index is 0.0176. The molecule has 0 spiro atoms. The summed E-state index contributed by atoms with van der Waals surface area (Å²) in [7, 11) is 0. The first-order chi connectivity index (χ1) is 13.4. The van der Waals surface area contributed by atoms with E-state index in [0.29, 0.717) is 4.90 Å². The Bertz CT molecular complexity index is 703. The van der Waals surface area contributed by atoms with Crippen molar-refractivity contribution in [3.63, 3.8) is 0 Å². The first kappa shape index (κ1) is 24.5. The van der Waals surface area contributed by atoms with Gasteiger partial charge in [-0.15, -0.1) is 0 Å². The van der Waals surface area contributed by atoms with Crippen LogP contribution in [0.5, 0.6) is 0 Å². The van der Waals surface area contributed by atoms with E-state index in [0.717, 1.165) is 61.3 Å². The highest BCUT2D eigenvalue weighted by molar-refractivity contribution is 7.97. The number of rotatable bonds is 4. The quantitative estimate of drug-likeness (QED) is 0.444. The molecular formula is C21H28F4N2S. The van der Waals surface area contributed by atoms with E-state index in [1.807, 2.05) is 45.9 Å². The molecule has 0 fully saturated rings. The third-order valence-electron chi connectivity index (χ3n) is 3.89. The van der Waals surface area contributed by atoms with Crippen molar-refractivity contribution in [3.8, 4) is 0 Å². The molecule has 28 heavy (non-hydrogen) atoms. The van der Waals surface area contributed by atoms with Crippen LogP contribution in [-0.2, 0) is 13.0 Å². The van der Waals surface area contributed by atoms with Gasteiger partial charge >= 0.3 is 6.18 Å². The maximum Gasteiger partial charge on any atom is 0.408 e. The molecular weight excluding hydrogens is 388 g/mol. The van der Waals surface area contributed by atoms with Gasteiger partial charge in [0.15, 0.2) is 0 Å². The van der Waals surface area contributed by atoms with Crippen LogP contribution >= 0.6 is 11.9 Å². The van der Waals surface area contributed by atoms with Crippen LogP contribution in [0.4, 0.5) is 17.6 Å². The molecule has 0 aliphatic carbocycles. The smallest absolute Gasteiger partial charge is 0.312 e. The normalized spacial score (nSPS) is 14.0. The maximum absolute atomic E-state index is 13.3. The monoisotopic (exact) mass is 416 g/mol. The molecule has 0 radical (unpaired) electrons. The van der Waals surface area contributed by atoms with Crippen LogP contribution < -0.4 is 10.0 Å². The molecule has 0 bridgehead atoms. The number of nitrogens with one attached hydrogen (secondary N) is 2. The average molecular weight is 417 g/mol. The predicted molar refractivity (Wildman–Crippen MR) is 109 cm³/mol. The summed E-state index contributed by atoms with van der Waals surface area (Å²) in [6.45, 7) is 9.64. The van der Waals surface area contributed by atoms with Crippen molar-refractivity contribution in [2.75, 3.05) is 6.54 Å². The van der Waals surface area contributed by atoms with Crippen molar-refractivity contribution in [3.05, 3.63) is 65.0 Å². The van der Waals surface area contributed by atoms with E-state index in [1.165, 1.54) is 5.56 Å². The number of benzene rings is 2. The molecule has 1 aliphatic rings. The topological polar surface area (TPSA) is 24.1 Å².